The monoisotopic (exact) mass is 630 g/mol. The summed E-state index contributed by atoms with van der Waals surface area (Å²) in [6.45, 7) is 7.34. The predicted octanol–water partition coefficient (Wildman–Crippen LogP) is 10.1. The Balaban J connectivity index is 1.31. The number of hydrogen-bond acceptors (Lipinski definition) is 3. The van der Waals surface area contributed by atoms with E-state index in [-0.39, 0.29) is 0 Å². The molecule has 2 saturated carbocycles. The Morgan fingerprint density at radius 3 is 1.11 bits per heavy atom. The summed E-state index contributed by atoms with van der Waals surface area (Å²) < 4.78 is 0. The van der Waals surface area contributed by atoms with Crippen LogP contribution in [-0.4, -0.2) is 19.6 Å². The van der Waals surface area contributed by atoms with Gasteiger partial charge in [-0.15, -0.1) is 0 Å². The molecule has 258 valence electrons. The Labute approximate surface area is 284 Å². The van der Waals surface area contributed by atoms with Crippen molar-refractivity contribution in [2.75, 3.05) is 19.6 Å². The van der Waals surface area contributed by atoms with Crippen LogP contribution in [0.5, 0.6) is 0 Å². The second-order valence-electron chi connectivity index (χ2n) is 15.4. The maximum absolute atomic E-state index is 5.82. The van der Waals surface area contributed by atoms with Gasteiger partial charge in [-0.3, -0.25) is 0 Å². The summed E-state index contributed by atoms with van der Waals surface area (Å²) in [5.74, 6) is 4.18. The van der Waals surface area contributed by atoms with Gasteiger partial charge in [0.1, 0.15) is 0 Å². The Kier molecular flexibility index (Phi) is 16.7. The van der Waals surface area contributed by atoms with E-state index in [1.54, 1.807) is 22.3 Å². The zero-order chi connectivity index (χ0) is 32.6. The predicted molar refractivity (Wildman–Crippen MR) is 201 cm³/mol. The molecule has 46 heavy (non-hydrogen) atoms. The number of hydrogen-bond donors (Lipinski definition) is 3. The topological polar surface area (TPSA) is 78.1 Å². The quantitative estimate of drug-likeness (QED) is 0.128. The second kappa shape index (κ2) is 20.6. The summed E-state index contributed by atoms with van der Waals surface area (Å²) in [7, 11) is 0. The normalized spacial score (nSPS) is 22.6. The fourth-order valence-electron chi connectivity index (χ4n) is 8.97. The summed E-state index contributed by atoms with van der Waals surface area (Å²) in [4.78, 5) is 0. The molecule has 0 saturated heterocycles. The van der Waals surface area contributed by atoms with Crippen molar-refractivity contribution >= 4 is 0 Å². The van der Waals surface area contributed by atoms with Crippen molar-refractivity contribution in [3.05, 3.63) is 69.8 Å². The van der Waals surface area contributed by atoms with Gasteiger partial charge < -0.3 is 17.2 Å². The standard InChI is InChI=1S/C43H71N3/c1-3-4-5-12-34-27-35(13-6-9-24-44)30-42(29-34)40-20-16-38(17-21-40)33(2)39-18-22-41(23-19-39)43-31-36(14-7-10-25-45)28-37(32-43)15-8-11-26-46/h27-33,38-41H,3-26,44-46H2,1-2H3. The molecule has 0 spiro atoms. The van der Waals surface area contributed by atoms with Crippen LogP contribution in [0, 0.1) is 17.8 Å². The number of rotatable bonds is 20. The zero-order valence-corrected chi connectivity index (χ0v) is 30.1. The highest BCUT2D eigenvalue weighted by Crippen LogP contribution is 2.46. The van der Waals surface area contributed by atoms with Crippen molar-refractivity contribution in [2.24, 2.45) is 35.0 Å². The van der Waals surface area contributed by atoms with E-state index in [9.17, 15) is 0 Å². The van der Waals surface area contributed by atoms with Gasteiger partial charge in [0.2, 0.25) is 0 Å². The van der Waals surface area contributed by atoms with Gasteiger partial charge in [0, 0.05) is 0 Å². The minimum atomic E-state index is 0.741. The first kappa shape index (κ1) is 37.1. The minimum Gasteiger partial charge on any atom is -0.330 e. The lowest BCUT2D eigenvalue weighted by atomic mass is 9.66. The van der Waals surface area contributed by atoms with Gasteiger partial charge in [-0.2, -0.15) is 0 Å². The van der Waals surface area contributed by atoms with Gasteiger partial charge in [0.05, 0.1) is 0 Å². The number of aryl methyl sites for hydroxylation is 4. The Bertz CT molecular complexity index is 965. The molecule has 0 aromatic heterocycles. The lowest BCUT2D eigenvalue weighted by Crippen LogP contribution is -2.28. The van der Waals surface area contributed by atoms with Crippen molar-refractivity contribution in [3.8, 4) is 0 Å². The van der Waals surface area contributed by atoms with E-state index in [2.05, 4.69) is 50.2 Å². The molecule has 1 unspecified atom stereocenters. The van der Waals surface area contributed by atoms with Gasteiger partial charge in [0.15, 0.2) is 0 Å². The molecule has 0 aliphatic heterocycles. The Morgan fingerprint density at radius 1 is 0.478 bits per heavy atom. The van der Waals surface area contributed by atoms with E-state index in [0.717, 1.165) is 68.5 Å². The molecule has 2 aliphatic carbocycles. The summed E-state index contributed by atoms with van der Waals surface area (Å²) in [6, 6.07) is 15.3. The number of unbranched alkanes of at least 4 members (excludes halogenated alkanes) is 5. The number of benzene rings is 2. The second-order valence-corrected chi connectivity index (χ2v) is 15.4. The summed E-state index contributed by atoms with van der Waals surface area (Å²) in [5.41, 5.74) is 26.9. The summed E-state index contributed by atoms with van der Waals surface area (Å²) >= 11 is 0. The van der Waals surface area contributed by atoms with Crippen LogP contribution in [0.2, 0.25) is 0 Å². The van der Waals surface area contributed by atoms with Gasteiger partial charge in [-0.05, 0) is 205 Å². The lowest BCUT2D eigenvalue weighted by molar-refractivity contribution is 0.146. The van der Waals surface area contributed by atoms with Crippen LogP contribution in [0.25, 0.3) is 0 Å². The van der Waals surface area contributed by atoms with Crippen LogP contribution in [0.15, 0.2) is 36.4 Å². The first-order valence-electron chi connectivity index (χ1n) is 19.9. The van der Waals surface area contributed by atoms with E-state index in [4.69, 9.17) is 17.2 Å². The average Bonchev–Trinajstić information content (AvgIpc) is 3.08. The maximum atomic E-state index is 5.82. The fourth-order valence-corrected chi connectivity index (χ4v) is 8.97. The molecule has 2 aromatic carbocycles. The highest BCUT2D eigenvalue weighted by Gasteiger charge is 2.33. The number of nitrogens with two attached hydrogens (primary N) is 3. The third-order valence-corrected chi connectivity index (χ3v) is 12.0. The SMILES string of the molecule is CCCCCc1cc(CCCCN)cc(C2CCC(C(C)C3CCC(c4cc(CCCCN)cc(CCCCN)c4)CC3)CC2)c1. The molecule has 3 heteroatoms. The van der Waals surface area contributed by atoms with Crippen LogP contribution < -0.4 is 17.2 Å². The van der Waals surface area contributed by atoms with Crippen LogP contribution in [-0.2, 0) is 25.7 Å². The average molecular weight is 630 g/mol. The fraction of sp³-hybridized carbons (Fsp3) is 0.721. The molecule has 0 bridgehead atoms. The van der Waals surface area contributed by atoms with Gasteiger partial charge in [0.25, 0.3) is 0 Å². The molecule has 2 aromatic rings. The smallest absolute Gasteiger partial charge is 0.00772 e. The van der Waals surface area contributed by atoms with Gasteiger partial charge in [-0.25, -0.2) is 0 Å². The van der Waals surface area contributed by atoms with Crippen LogP contribution in [0.4, 0.5) is 0 Å². The highest BCUT2D eigenvalue weighted by atomic mass is 14.5. The van der Waals surface area contributed by atoms with Crippen molar-refractivity contribution in [2.45, 2.75) is 161 Å². The Morgan fingerprint density at radius 2 is 0.804 bits per heavy atom. The molecule has 6 N–H and O–H groups in total. The van der Waals surface area contributed by atoms with Crippen molar-refractivity contribution in [1.82, 2.24) is 0 Å². The largest absolute Gasteiger partial charge is 0.330 e. The molecule has 0 heterocycles. The molecule has 0 radical (unpaired) electrons. The van der Waals surface area contributed by atoms with Crippen molar-refractivity contribution in [1.29, 1.82) is 0 Å². The van der Waals surface area contributed by atoms with E-state index < -0.39 is 0 Å². The minimum absolute atomic E-state index is 0.741. The molecule has 2 aliphatic rings. The first-order valence-corrected chi connectivity index (χ1v) is 19.9. The molecule has 3 nitrogen and oxygen atoms in total. The third kappa shape index (κ3) is 11.8. The van der Waals surface area contributed by atoms with Crippen molar-refractivity contribution in [3.63, 3.8) is 0 Å². The van der Waals surface area contributed by atoms with Crippen LogP contribution in [0.1, 0.15) is 168 Å². The maximum Gasteiger partial charge on any atom is -0.00772 e. The van der Waals surface area contributed by atoms with Gasteiger partial charge in [-0.1, -0.05) is 63.1 Å². The third-order valence-electron chi connectivity index (χ3n) is 12.0. The van der Waals surface area contributed by atoms with Gasteiger partial charge >= 0.3 is 0 Å². The van der Waals surface area contributed by atoms with E-state index in [0.29, 0.717) is 0 Å². The summed E-state index contributed by atoms with van der Waals surface area (Å²) in [5, 5.41) is 0. The molecule has 2 fully saturated rings. The Hall–Kier alpha value is -1.68. The molecule has 0 amide bonds. The first-order chi connectivity index (χ1) is 22.5. The van der Waals surface area contributed by atoms with E-state index >= 15 is 0 Å². The summed E-state index contributed by atoms with van der Waals surface area (Å²) in [6.07, 6.45) is 26.9. The van der Waals surface area contributed by atoms with Crippen LogP contribution in [0.3, 0.4) is 0 Å². The van der Waals surface area contributed by atoms with Crippen LogP contribution >= 0.6 is 0 Å². The van der Waals surface area contributed by atoms with E-state index in [1.807, 2.05) is 0 Å². The zero-order valence-electron chi connectivity index (χ0n) is 30.1. The molecular formula is C43H71N3. The van der Waals surface area contributed by atoms with Crippen molar-refractivity contribution < 1.29 is 0 Å². The molecule has 1 atom stereocenters. The highest BCUT2D eigenvalue weighted by molar-refractivity contribution is 5.34. The molecule has 4 rings (SSSR count). The lowest BCUT2D eigenvalue weighted by Gasteiger charge is -2.39. The van der Waals surface area contributed by atoms with E-state index in [1.165, 1.54) is 127 Å². The molecular weight excluding hydrogens is 558 g/mol.